The molecule has 1 saturated heterocycles. The predicted molar refractivity (Wildman–Crippen MR) is 111 cm³/mol. The molecule has 28 heavy (non-hydrogen) atoms. The standard InChI is InChI=1S/C20H21N3O3S2/c1-2-23(20-21-17-7-3-4-8-18(17)27-20)19(24)15-9-11-16(12-10-15)28(25,26)22-13-5-6-14-22/h3-4,7-12H,2,5-6,13-14H2,1H3. The summed E-state index contributed by atoms with van der Waals surface area (Å²) in [6.45, 7) is 3.50. The zero-order valence-corrected chi connectivity index (χ0v) is 17.2. The normalized spacial score (nSPS) is 15.2. The largest absolute Gasteiger partial charge is 0.284 e. The number of fused-ring (bicyclic) bond motifs is 1. The number of carbonyl (C=O) groups excluding carboxylic acids is 1. The molecule has 0 N–H and O–H groups in total. The van der Waals surface area contributed by atoms with E-state index in [4.69, 9.17) is 0 Å². The molecular formula is C20H21N3O3S2. The summed E-state index contributed by atoms with van der Waals surface area (Å²) < 4.78 is 27.8. The Balaban J connectivity index is 1.59. The summed E-state index contributed by atoms with van der Waals surface area (Å²) in [4.78, 5) is 19.4. The van der Waals surface area contributed by atoms with E-state index in [2.05, 4.69) is 4.98 Å². The van der Waals surface area contributed by atoms with Gasteiger partial charge in [0.2, 0.25) is 10.0 Å². The third-order valence-electron chi connectivity index (χ3n) is 4.88. The maximum atomic E-state index is 13.0. The molecule has 1 aliphatic rings. The van der Waals surface area contributed by atoms with Crippen molar-refractivity contribution in [3.63, 3.8) is 0 Å². The summed E-state index contributed by atoms with van der Waals surface area (Å²) in [5.74, 6) is -0.188. The number of carbonyl (C=O) groups is 1. The predicted octanol–water partition coefficient (Wildman–Crippen LogP) is 3.75. The smallest absolute Gasteiger partial charge is 0.260 e. The summed E-state index contributed by atoms with van der Waals surface area (Å²) >= 11 is 1.47. The van der Waals surface area contributed by atoms with Crippen LogP contribution in [0, 0.1) is 0 Å². The molecule has 1 aliphatic heterocycles. The van der Waals surface area contributed by atoms with Crippen molar-refractivity contribution in [2.75, 3.05) is 24.5 Å². The summed E-state index contributed by atoms with van der Waals surface area (Å²) in [6, 6.07) is 14.0. The maximum absolute atomic E-state index is 13.0. The van der Waals surface area contributed by atoms with Gasteiger partial charge in [0.05, 0.1) is 15.1 Å². The van der Waals surface area contributed by atoms with Gasteiger partial charge in [-0.3, -0.25) is 9.69 Å². The molecule has 2 aromatic carbocycles. The van der Waals surface area contributed by atoms with Gasteiger partial charge in [-0.1, -0.05) is 23.5 Å². The zero-order chi connectivity index (χ0) is 19.7. The minimum absolute atomic E-state index is 0.188. The Morgan fingerprint density at radius 1 is 1.11 bits per heavy atom. The summed E-state index contributed by atoms with van der Waals surface area (Å²) in [5, 5.41) is 0.641. The minimum atomic E-state index is -3.48. The van der Waals surface area contributed by atoms with Crippen molar-refractivity contribution in [1.29, 1.82) is 0 Å². The highest BCUT2D eigenvalue weighted by Gasteiger charge is 2.27. The molecule has 3 aromatic rings. The summed E-state index contributed by atoms with van der Waals surface area (Å²) in [6.07, 6.45) is 1.78. The highest BCUT2D eigenvalue weighted by atomic mass is 32.2. The molecule has 6 nitrogen and oxygen atoms in total. The Hall–Kier alpha value is -2.29. The second-order valence-electron chi connectivity index (χ2n) is 6.65. The van der Waals surface area contributed by atoms with Crippen LogP contribution < -0.4 is 4.90 Å². The highest BCUT2D eigenvalue weighted by molar-refractivity contribution is 7.89. The lowest BCUT2D eigenvalue weighted by Gasteiger charge is -2.18. The first-order chi connectivity index (χ1) is 13.5. The van der Waals surface area contributed by atoms with Gasteiger partial charge in [0.25, 0.3) is 5.91 Å². The maximum Gasteiger partial charge on any atom is 0.260 e. The second kappa shape index (κ2) is 7.62. The van der Waals surface area contributed by atoms with Crippen molar-refractivity contribution in [3.8, 4) is 0 Å². The van der Waals surface area contributed by atoms with Crippen molar-refractivity contribution in [2.45, 2.75) is 24.7 Å². The first kappa shape index (κ1) is 19.0. The summed E-state index contributed by atoms with van der Waals surface area (Å²) in [5.41, 5.74) is 1.31. The third-order valence-corrected chi connectivity index (χ3v) is 7.85. The number of aromatic nitrogens is 1. The van der Waals surface area contributed by atoms with Crippen LogP contribution >= 0.6 is 11.3 Å². The van der Waals surface area contributed by atoms with Crippen LogP contribution in [0.2, 0.25) is 0 Å². The van der Waals surface area contributed by atoms with Gasteiger partial charge in [-0.25, -0.2) is 13.4 Å². The molecule has 1 amide bonds. The lowest BCUT2D eigenvalue weighted by atomic mass is 10.2. The fourth-order valence-corrected chi connectivity index (χ4v) is 5.89. The van der Waals surface area contributed by atoms with Crippen molar-refractivity contribution in [1.82, 2.24) is 9.29 Å². The minimum Gasteiger partial charge on any atom is -0.284 e. The van der Waals surface area contributed by atoms with Gasteiger partial charge in [-0.2, -0.15) is 4.31 Å². The van der Waals surface area contributed by atoms with Crippen LogP contribution in [-0.2, 0) is 10.0 Å². The van der Waals surface area contributed by atoms with Crippen LogP contribution in [0.1, 0.15) is 30.1 Å². The Labute approximate surface area is 168 Å². The van der Waals surface area contributed by atoms with E-state index in [9.17, 15) is 13.2 Å². The van der Waals surface area contributed by atoms with E-state index in [0.29, 0.717) is 30.3 Å². The van der Waals surface area contributed by atoms with Crippen LogP contribution in [0.15, 0.2) is 53.4 Å². The number of nitrogens with zero attached hydrogens (tertiary/aromatic N) is 3. The van der Waals surface area contributed by atoms with Crippen molar-refractivity contribution in [2.24, 2.45) is 0 Å². The van der Waals surface area contributed by atoms with Gasteiger partial charge in [0, 0.05) is 25.2 Å². The fraction of sp³-hybridized carbons (Fsp3) is 0.300. The van der Waals surface area contributed by atoms with Crippen molar-refractivity contribution in [3.05, 3.63) is 54.1 Å². The topological polar surface area (TPSA) is 70.6 Å². The average molecular weight is 416 g/mol. The molecule has 0 aliphatic carbocycles. The molecular weight excluding hydrogens is 394 g/mol. The molecule has 2 heterocycles. The lowest BCUT2D eigenvalue weighted by Crippen LogP contribution is -2.31. The number of thiazole rings is 1. The molecule has 0 radical (unpaired) electrons. The van der Waals surface area contributed by atoms with Crippen molar-refractivity contribution < 1.29 is 13.2 Å². The first-order valence-corrected chi connectivity index (χ1v) is 11.5. The average Bonchev–Trinajstić information content (AvgIpc) is 3.39. The molecule has 0 atom stereocenters. The second-order valence-corrected chi connectivity index (χ2v) is 9.60. The number of para-hydroxylation sites is 1. The molecule has 4 rings (SSSR count). The van der Waals surface area contributed by atoms with Crippen LogP contribution in [-0.4, -0.2) is 43.2 Å². The molecule has 0 spiro atoms. The zero-order valence-electron chi connectivity index (χ0n) is 15.5. The van der Waals surface area contributed by atoms with Crippen LogP contribution in [0.3, 0.4) is 0 Å². The molecule has 0 saturated carbocycles. The quantitative estimate of drug-likeness (QED) is 0.636. The molecule has 1 fully saturated rings. The lowest BCUT2D eigenvalue weighted by molar-refractivity contribution is 0.0988. The van der Waals surface area contributed by atoms with Gasteiger partial charge < -0.3 is 0 Å². The number of hydrogen-bond acceptors (Lipinski definition) is 5. The molecule has 1 aromatic heterocycles. The van der Waals surface area contributed by atoms with Crippen LogP contribution in [0.5, 0.6) is 0 Å². The fourth-order valence-electron chi connectivity index (χ4n) is 3.34. The van der Waals surface area contributed by atoms with Gasteiger partial charge in [0.1, 0.15) is 0 Å². The van der Waals surface area contributed by atoms with E-state index in [1.54, 1.807) is 17.0 Å². The van der Waals surface area contributed by atoms with E-state index < -0.39 is 10.0 Å². The van der Waals surface area contributed by atoms with E-state index in [-0.39, 0.29) is 10.8 Å². The van der Waals surface area contributed by atoms with Crippen LogP contribution in [0.4, 0.5) is 5.13 Å². The Morgan fingerprint density at radius 3 is 2.43 bits per heavy atom. The number of rotatable bonds is 5. The van der Waals surface area contributed by atoms with E-state index in [0.717, 1.165) is 23.1 Å². The molecule has 0 bridgehead atoms. The number of hydrogen-bond donors (Lipinski definition) is 0. The SMILES string of the molecule is CCN(C(=O)c1ccc(S(=O)(=O)N2CCCC2)cc1)c1nc2ccccc2s1. The first-order valence-electron chi connectivity index (χ1n) is 9.28. The monoisotopic (exact) mass is 415 g/mol. The Morgan fingerprint density at radius 2 is 1.79 bits per heavy atom. The molecule has 146 valence electrons. The number of sulfonamides is 1. The summed E-state index contributed by atoms with van der Waals surface area (Å²) in [7, 11) is -3.48. The van der Waals surface area contributed by atoms with Crippen LogP contribution in [0.25, 0.3) is 10.2 Å². The van der Waals surface area contributed by atoms with Gasteiger partial charge in [-0.15, -0.1) is 0 Å². The highest BCUT2D eigenvalue weighted by Crippen LogP contribution is 2.29. The Kier molecular flexibility index (Phi) is 5.18. The van der Waals surface area contributed by atoms with Crippen molar-refractivity contribution >= 4 is 42.6 Å². The van der Waals surface area contributed by atoms with Gasteiger partial charge >= 0.3 is 0 Å². The number of benzene rings is 2. The van der Waals surface area contributed by atoms with E-state index in [1.165, 1.54) is 27.8 Å². The Bertz CT molecular complexity index is 1070. The number of amides is 1. The molecule has 0 unspecified atom stereocenters. The van der Waals surface area contributed by atoms with E-state index >= 15 is 0 Å². The van der Waals surface area contributed by atoms with Gasteiger partial charge in [0.15, 0.2) is 5.13 Å². The van der Waals surface area contributed by atoms with E-state index in [1.807, 2.05) is 31.2 Å². The molecule has 8 heteroatoms. The van der Waals surface area contributed by atoms with Gasteiger partial charge in [-0.05, 0) is 56.2 Å². The third kappa shape index (κ3) is 3.43. The number of anilines is 1.